The van der Waals surface area contributed by atoms with E-state index in [1.54, 1.807) is 11.0 Å². The molecule has 2 heterocycles. The molecule has 0 radical (unpaired) electrons. The first-order valence-corrected chi connectivity index (χ1v) is 13.4. The summed E-state index contributed by atoms with van der Waals surface area (Å²) in [5.74, 6) is 1.28. The first kappa shape index (κ1) is 24.3. The molecule has 0 aliphatic carbocycles. The van der Waals surface area contributed by atoms with Crippen molar-refractivity contribution in [1.29, 1.82) is 0 Å². The van der Waals surface area contributed by atoms with Gasteiger partial charge in [-0.15, -0.1) is 5.10 Å². The molecule has 6 rings (SSSR count). The first-order chi connectivity index (χ1) is 18.6. The summed E-state index contributed by atoms with van der Waals surface area (Å²) in [6, 6.07) is 29.5. The van der Waals surface area contributed by atoms with Crippen molar-refractivity contribution in [3.8, 4) is 11.4 Å². The number of imidazole rings is 1. The molecule has 1 atom stereocenters. The molecule has 188 valence electrons. The predicted molar refractivity (Wildman–Crippen MR) is 153 cm³/mol. The van der Waals surface area contributed by atoms with Gasteiger partial charge in [-0.05, 0) is 70.1 Å². The molecule has 0 spiro atoms. The molecule has 2 N–H and O–H groups in total. The van der Waals surface area contributed by atoms with E-state index in [4.69, 9.17) is 4.74 Å². The SMILES string of the molecule is Brc1cc(Br)cc(C(Nc2ccc3[nH]cnc3c2)c2nnnn2-c2ccccc2OCc2ccccc2)c1. The Kier molecular flexibility index (Phi) is 6.89. The van der Waals surface area contributed by atoms with Crippen LogP contribution in [0, 0.1) is 0 Å². The van der Waals surface area contributed by atoms with Gasteiger partial charge in [0.2, 0.25) is 0 Å². The molecule has 0 aliphatic rings. The molecular weight excluding hydrogens is 610 g/mol. The van der Waals surface area contributed by atoms with Crippen molar-refractivity contribution in [2.24, 2.45) is 0 Å². The van der Waals surface area contributed by atoms with E-state index >= 15 is 0 Å². The van der Waals surface area contributed by atoms with Crippen LogP contribution in [0.15, 0.2) is 106 Å². The van der Waals surface area contributed by atoms with E-state index in [0.29, 0.717) is 18.2 Å². The molecule has 38 heavy (non-hydrogen) atoms. The van der Waals surface area contributed by atoms with Gasteiger partial charge in [0.05, 0.1) is 17.4 Å². The highest BCUT2D eigenvalue weighted by atomic mass is 79.9. The molecule has 10 heteroatoms. The predicted octanol–water partition coefficient (Wildman–Crippen LogP) is 6.84. The van der Waals surface area contributed by atoms with Crippen LogP contribution in [0.3, 0.4) is 0 Å². The van der Waals surface area contributed by atoms with Gasteiger partial charge >= 0.3 is 0 Å². The Labute approximate surface area is 235 Å². The first-order valence-electron chi connectivity index (χ1n) is 11.8. The van der Waals surface area contributed by atoms with Crippen LogP contribution >= 0.6 is 31.9 Å². The highest BCUT2D eigenvalue weighted by Crippen LogP contribution is 2.33. The molecule has 2 aromatic heterocycles. The van der Waals surface area contributed by atoms with Gasteiger partial charge in [-0.3, -0.25) is 0 Å². The maximum absolute atomic E-state index is 6.22. The molecule has 0 saturated carbocycles. The molecule has 0 amide bonds. The third kappa shape index (κ3) is 5.18. The minimum atomic E-state index is -0.391. The van der Waals surface area contributed by atoms with E-state index in [0.717, 1.165) is 42.5 Å². The average molecular weight is 631 g/mol. The topological polar surface area (TPSA) is 93.5 Å². The standard InChI is InChI=1S/C28H21Br2N7O/c29-20-12-19(13-21(30)14-20)27(33-22-10-11-23-24(15-22)32-17-31-23)28-34-35-36-37(28)25-8-4-5-9-26(25)38-16-18-6-2-1-3-7-18/h1-15,17,27,33H,16H2,(H,31,32). The Morgan fingerprint density at radius 1 is 0.895 bits per heavy atom. The Hall–Kier alpha value is -4.02. The lowest BCUT2D eigenvalue weighted by Gasteiger charge is -2.21. The van der Waals surface area contributed by atoms with Crippen molar-refractivity contribution >= 4 is 48.6 Å². The van der Waals surface area contributed by atoms with Crippen molar-refractivity contribution in [2.75, 3.05) is 5.32 Å². The number of halogens is 2. The van der Waals surface area contributed by atoms with E-state index in [1.807, 2.05) is 91.0 Å². The van der Waals surface area contributed by atoms with E-state index in [9.17, 15) is 0 Å². The van der Waals surface area contributed by atoms with Gasteiger partial charge in [-0.2, -0.15) is 4.68 Å². The summed E-state index contributed by atoms with van der Waals surface area (Å²) in [4.78, 5) is 7.53. The number of tetrazole rings is 1. The van der Waals surface area contributed by atoms with Crippen LogP contribution in [0.5, 0.6) is 5.75 Å². The number of ether oxygens (including phenoxy) is 1. The van der Waals surface area contributed by atoms with Crippen molar-refractivity contribution in [3.05, 3.63) is 123 Å². The van der Waals surface area contributed by atoms with E-state index in [1.165, 1.54) is 0 Å². The summed E-state index contributed by atoms with van der Waals surface area (Å²) < 4.78 is 9.81. The van der Waals surface area contributed by atoms with Crippen LogP contribution in [-0.2, 0) is 6.61 Å². The van der Waals surface area contributed by atoms with Gasteiger partial charge in [0.1, 0.15) is 24.1 Å². The summed E-state index contributed by atoms with van der Waals surface area (Å²) in [6.07, 6.45) is 1.68. The minimum Gasteiger partial charge on any atom is -0.487 e. The van der Waals surface area contributed by atoms with Crippen LogP contribution in [-0.4, -0.2) is 30.2 Å². The van der Waals surface area contributed by atoms with Crippen LogP contribution in [0.4, 0.5) is 5.69 Å². The number of para-hydroxylation sites is 2. The van der Waals surface area contributed by atoms with Gasteiger partial charge in [0.15, 0.2) is 5.82 Å². The highest BCUT2D eigenvalue weighted by molar-refractivity contribution is 9.11. The van der Waals surface area contributed by atoms with Crippen molar-refractivity contribution in [3.63, 3.8) is 0 Å². The third-order valence-corrected chi connectivity index (χ3v) is 6.95. The van der Waals surface area contributed by atoms with Crippen molar-refractivity contribution < 1.29 is 4.74 Å². The summed E-state index contributed by atoms with van der Waals surface area (Å²) in [5, 5.41) is 16.5. The number of nitrogens with one attached hydrogen (secondary N) is 2. The van der Waals surface area contributed by atoms with Gasteiger partial charge < -0.3 is 15.0 Å². The lowest BCUT2D eigenvalue weighted by Crippen LogP contribution is -2.18. The largest absolute Gasteiger partial charge is 0.487 e. The van der Waals surface area contributed by atoms with Gasteiger partial charge in [-0.1, -0.05) is 74.3 Å². The normalized spacial score (nSPS) is 11.9. The molecule has 0 bridgehead atoms. The maximum atomic E-state index is 6.22. The smallest absolute Gasteiger partial charge is 0.183 e. The number of fused-ring (bicyclic) bond motifs is 1. The van der Waals surface area contributed by atoms with Gasteiger partial charge in [0, 0.05) is 14.6 Å². The van der Waals surface area contributed by atoms with Crippen LogP contribution in [0.2, 0.25) is 0 Å². The lowest BCUT2D eigenvalue weighted by molar-refractivity contribution is 0.304. The van der Waals surface area contributed by atoms with E-state index in [2.05, 4.69) is 62.7 Å². The number of aromatic amines is 1. The number of anilines is 1. The summed E-state index contributed by atoms with van der Waals surface area (Å²) in [6.45, 7) is 0.430. The van der Waals surface area contributed by atoms with Gasteiger partial charge in [-0.25, -0.2) is 4.98 Å². The summed E-state index contributed by atoms with van der Waals surface area (Å²) in [7, 11) is 0. The second-order valence-electron chi connectivity index (χ2n) is 8.61. The average Bonchev–Trinajstić information content (AvgIpc) is 3.60. The molecule has 8 nitrogen and oxygen atoms in total. The number of aromatic nitrogens is 6. The second-order valence-corrected chi connectivity index (χ2v) is 10.4. The lowest BCUT2D eigenvalue weighted by atomic mass is 10.1. The number of benzene rings is 4. The quantitative estimate of drug-likeness (QED) is 0.191. The monoisotopic (exact) mass is 629 g/mol. The van der Waals surface area contributed by atoms with Crippen molar-refractivity contribution in [1.82, 2.24) is 30.2 Å². The third-order valence-electron chi connectivity index (χ3n) is 6.03. The molecular formula is C28H21Br2N7O. The van der Waals surface area contributed by atoms with Crippen LogP contribution < -0.4 is 10.1 Å². The summed E-state index contributed by atoms with van der Waals surface area (Å²) >= 11 is 7.25. The molecule has 6 aromatic rings. The Morgan fingerprint density at radius 3 is 2.53 bits per heavy atom. The fourth-order valence-corrected chi connectivity index (χ4v) is 5.59. The fraction of sp³-hybridized carbons (Fsp3) is 0.0714. The number of nitrogens with zero attached hydrogens (tertiary/aromatic N) is 5. The zero-order chi connectivity index (χ0) is 25.9. The van der Waals surface area contributed by atoms with E-state index < -0.39 is 6.04 Å². The summed E-state index contributed by atoms with van der Waals surface area (Å²) in [5.41, 5.74) is 5.49. The van der Waals surface area contributed by atoms with Crippen molar-refractivity contribution in [2.45, 2.75) is 12.6 Å². The molecule has 1 unspecified atom stereocenters. The number of hydrogen-bond acceptors (Lipinski definition) is 6. The minimum absolute atomic E-state index is 0.391. The zero-order valence-electron chi connectivity index (χ0n) is 19.9. The Bertz CT molecular complexity index is 1680. The Morgan fingerprint density at radius 2 is 1.68 bits per heavy atom. The zero-order valence-corrected chi connectivity index (χ0v) is 23.1. The molecule has 0 fully saturated rings. The second kappa shape index (κ2) is 10.8. The fourth-order valence-electron chi connectivity index (χ4n) is 4.26. The highest BCUT2D eigenvalue weighted by Gasteiger charge is 2.25. The molecule has 0 aliphatic heterocycles. The molecule has 4 aromatic carbocycles. The maximum Gasteiger partial charge on any atom is 0.183 e. The van der Waals surface area contributed by atoms with Crippen LogP contribution in [0.25, 0.3) is 16.7 Å². The number of hydrogen-bond donors (Lipinski definition) is 2. The number of rotatable bonds is 8. The molecule has 0 saturated heterocycles. The van der Waals surface area contributed by atoms with E-state index in [-0.39, 0.29) is 0 Å². The number of H-pyrrole nitrogens is 1. The van der Waals surface area contributed by atoms with Crippen LogP contribution in [0.1, 0.15) is 23.0 Å². The van der Waals surface area contributed by atoms with Gasteiger partial charge in [0.25, 0.3) is 0 Å². The Balaban J connectivity index is 1.41.